The van der Waals surface area contributed by atoms with Crippen molar-refractivity contribution in [3.8, 4) is 0 Å². The molecule has 104 valence electrons. The van der Waals surface area contributed by atoms with E-state index in [0.29, 0.717) is 37.3 Å². The van der Waals surface area contributed by atoms with E-state index >= 15 is 0 Å². The number of nitrogens with two attached hydrogens (primary N) is 1. The third-order valence-corrected chi connectivity index (χ3v) is 4.11. The molecule has 1 heterocycles. The maximum Gasteiger partial charge on any atom is 0.251 e. The van der Waals surface area contributed by atoms with Crippen LogP contribution in [-0.2, 0) is 4.74 Å². The Balaban J connectivity index is 2.12. The monoisotopic (exact) mass is 328 g/mol. The second-order valence-electron chi connectivity index (χ2n) is 4.74. The molecule has 0 aliphatic carbocycles. The number of anilines is 1. The summed E-state index contributed by atoms with van der Waals surface area (Å²) in [5, 5.41) is 12.4. The minimum atomic E-state index is -0.586. The number of halogens is 1. The maximum absolute atomic E-state index is 12.2. The van der Waals surface area contributed by atoms with E-state index in [2.05, 4.69) is 21.2 Å². The second kappa shape index (κ2) is 5.90. The Labute approximate surface area is 120 Å². The molecule has 1 saturated heterocycles. The summed E-state index contributed by atoms with van der Waals surface area (Å²) >= 11 is 3.29. The van der Waals surface area contributed by atoms with Crippen molar-refractivity contribution in [3.05, 3.63) is 28.2 Å². The topological polar surface area (TPSA) is 84.6 Å². The van der Waals surface area contributed by atoms with Crippen LogP contribution in [-0.4, -0.2) is 36.4 Å². The van der Waals surface area contributed by atoms with Crippen LogP contribution in [0.25, 0.3) is 0 Å². The van der Waals surface area contributed by atoms with E-state index in [1.807, 2.05) is 0 Å². The lowest BCUT2D eigenvalue weighted by Crippen LogP contribution is -2.54. The highest BCUT2D eigenvalue weighted by atomic mass is 79.9. The first-order chi connectivity index (χ1) is 9.06. The van der Waals surface area contributed by atoms with Gasteiger partial charge < -0.3 is 20.9 Å². The molecule has 0 unspecified atom stereocenters. The first-order valence-electron chi connectivity index (χ1n) is 6.12. The zero-order valence-corrected chi connectivity index (χ0v) is 12.1. The van der Waals surface area contributed by atoms with Gasteiger partial charge in [-0.1, -0.05) is 0 Å². The van der Waals surface area contributed by atoms with Crippen LogP contribution in [0.3, 0.4) is 0 Å². The zero-order valence-electron chi connectivity index (χ0n) is 10.5. The van der Waals surface area contributed by atoms with E-state index in [1.54, 1.807) is 18.2 Å². The van der Waals surface area contributed by atoms with E-state index in [1.165, 1.54) is 0 Å². The standard InChI is InChI=1S/C13H17BrN2O3/c14-10-2-1-9(7-11(10)15)12(18)16-13(8-17)3-5-19-6-4-13/h1-2,7,17H,3-6,8,15H2,(H,16,18). The van der Waals surface area contributed by atoms with Crippen LogP contribution in [0.5, 0.6) is 0 Å². The number of benzene rings is 1. The molecule has 2 rings (SSSR count). The predicted molar refractivity (Wildman–Crippen MR) is 75.9 cm³/mol. The molecule has 1 fully saturated rings. The first-order valence-corrected chi connectivity index (χ1v) is 6.92. The molecule has 5 nitrogen and oxygen atoms in total. The Bertz CT molecular complexity index is 473. The molecule has 1 aliphatic heterocycles. The third-order valence-electron chi connectivity index (χ3n) is 3.39. The Kier molecular flexibility index (Phi) is 4.44. The molecule has 0 spiro atoms. The number of nitrogen functional groups attached to an aromatic ring is 1. The smallest absolute Gasteiger partial charge is 0.251 e. The Morgan fingerprint density at radius 3 is 2.74 bits per heavy atom. The van der Waals surface area contributed by atoms with Crippen LogP contribution in [0.15, 0.2) is 22.7 Å². The molecule has 0 aromatic heterocycles. The SMILES string of the molecule is Nc1cc(C(=O)NC2(CO)CCOCC2)ccc1Br. The number of carbonyl (C=O) groups excluding carboxylic acids is 1. The second-order valence-corrected chi connectivity index (χ2v) is 5.60. The number of carbonyl (C=O) groups is 1. The molecule has 1 aromatic carbocycles. The minimum absolute atomic E-state index is 0.0892. The Morgan fingerprint density at radius 2 is 2.16 bits per heavy atom. The zero-order chi connectivity index (χ0) is 13.9. The number of hydrogen-bond acceptors (Lipinski definition) is 4. The molecule has 1 aliphatic rings. The van der Waals surface area contributed by atoms with Gasteiger partial charge in [-0.3, -0.25) is 4.79 Å². The molecule has 0 atom stereocenters. The third kappa shape index (κ3) is 3.26. The van der Waals surface area contributed by atoms with Crippen molar-refractivity contribution in [1.82, 2.24) is 5.32 Å². The van der Waals surface area contributed by atoms with Crippen molar-refractivity contribution in [2.75, 3.05) is 25.6 Å². The summed E-state index contributed by atoms with van der Waals surface area (Å²) in [6.07, 6.45) is 1.22. The molecular formula is C13H17BrN2O3. The van der Waals surface area contributed by atoms with Crippen LogP contribution in [0.1, 0.15) is 23.2 Å². The van der Waals surface area contributed by atoms with Crippen LogP contribution in [0.4, 0.5) is 5.69 Å². The molecule has 19 heavy (non-hydrogen) atoms. The van der Waals surface area contributed by atoms with Crippen molar-refractivity contribution in [2.24, 2.45) is 0 Å². The summed E-state index contributed by atoms with van der Waals surface area (Å²) in [6, 6.07) is 5.05. The van der Waals surface area contributed by atoms with Crippen molar-refractivity contribution in [3.63, 3.8) is 0 Å². The van der Waals surface area contributed by atoms with Gasteiger partial charge in [0.15, 0.2) is 0 Å². The number of ether oxygens (including phenoxy) is 1. The summed E-state index contributed by atoms with van der Waals surface area (Å²) in [6.45, 7) is 1.00. The number of aliphatic hydroxyl groups excluding tert-OH is 1. The average molecular weight is 329 g/mol. The minimum Gasteiger partial charge on any atom is -0.398 e. The number of aliphatic hydroxyl groups is 1. The number of amides is 1. The van der Waals surface area contributed by atoms with Gasteiger partial charge >= 0.3 is 0 Å². The summed E-state index contributed by atoms with van der Waals surface area (Å²) in [5.74, 6) is -0.227. The van der Waals surface area contributed by atoms with Gasteiger partial charge in [-0.15, -0.1) is 0 Å². The lowest BCUT2D eigenvalue weighted by atomic mass is 9.90. The van der Waals surface area contributed by atoms with Gasteiger partial charge in [0, 0.05) is 28.9 Å². The largest absolute Gasteiger partial charge is 0.398 e. The van der Waals surface area contributed by atoms with Gasteiger partial charge in [0.05, 0.1) is 12.1 Å². The number of nitrogens with one attached hydrogen (secondary N) is 1. The van der Waals surface area contributed by atoms with Gasteiger partial charge in [0.1, 0.15) is 0 Å². The molecule has 0 radical (unpaired) electrons. The number of rotatable bonds is 3. The molecule has 0 bridgehead atoms. The quantitative estimate of drug-likeness (QED) is 0.730. The van der Waals surface area contributed by atoms with E-state index in [-0.39, 0.29) is 12.5 Å². The van der Waals surface area contributed by atoms with E-state index in [4.69, 9.17) is 10.5 Å². The highest BCUT2D eigenvalue weighted by molar-refractivity contribution is 9.10. The van der Waals surface area contributed by atoms with Crippen LogP contribution in [0, 0.1) is 0 Å². The highest BCUT2D eigenvalue weighted by Crippen LogP contribution is 2.23. The molecule has 1 amide bonds. The van der Waals surface area contributed by atoms with Crippen LogP contribution >= 0.6 is 15.9 Å². The fourth-order valence-electron chi connectivity index (χ4n) is 2.08. The fourth-order valence-corrected chi connectivity index (χ4v) is 2.33. The van der Waals surface area contributed by atoms with Crippen LogP contribution in [0.2, 0.25) is 0 Å². The Hall–Kier alpha value is -1.11. The molecule has 6 heteroatoms. The van der Waals surface area contributed by atoms with Gasteiger partial charge in [0.2, 0.25) is 0 Å². The maximum atomic E-state index is 12.2. The Morgan fingerprint density at radius 1 is 1.47 bits per heavy atom. The van der Waals surface area contributed by atoms with Gasteiger partial charge in [-0.2, -0.15) is 0 Å². The molecule has 4 N–H and O–H groups in total. The molecular weight excluding hydrogens is 312 g/mol. The van der Waals surface area contributed by atoms with Crippen molar-refractivity contribution in [1.29, 1.82) is 0 Å². The van der Waals surface area contributed by atoms with Gasteiger partial charge in [0.25, 0.3) is 5.91 Å². The van der Waals surface area contributed by atoms with Gasteiger partial charge in [-0.25, -0.2) is 0 Å². The molecule has 1 aromatic rings. The normalized spacial score (nSPS) is 18.0. The average Bonchev–Trinajstić information content (AvgIpc) is 2.43. The highest BCUT2D eigenvalue weighted by Gasteiger charge is 2.33. The predicted octanol–water partition coefficient (Wildman–Crippen LogP) is 1.30. The summed E-state index contributed by atoms with van der Waals surface area (Å²) < 4.78 is 6.02. The summed E-state index contributed by atoms with van der Waals surface area (Å²) in [5.41, 5.74) is 6.17. The molecule has 0 saturated carbocycles. The van der Waals surface area contributed by atoms with E-state index in [9.17, 15) is 9.90 Å². The van der Waals surface area contributed by atoms with Gasteiger partial charge in [-0.05, 0) is 47.0 Å². The van der Waals surface area contributed by atoms with Crippen molar-refractivity contribution >= 4 is 27.5 Å². The lowest BCUT2D eigenvalue weighted by Gasteiger charge is -2.36. The van der Waals surface area contributed by atoms with Crippen molar-refractivity contribution < 1.29 is 14.6 Å². The van der Waals surface area contributed by atoms with E-state index < -0.39 is 5.54 Å². The number of hydrogen-bond donors (Lipinski definition) is 3. The lowest BCUT2D eigenvalue weighted by molar-refractivity contribution is 0.0125. The summed E-state index contributed by atoms with van der Waals surface area (Å²) in [4.78, 5) is 12.2. The fraction of sp³-hybridized carbons (Fsp3) is 0.462. The van der Waals surface area contributed by atoms with Crippen molar-refractivity contribution in [2.45, 2.75) is 18.4 Å². The van der Waals surface area contributed by atoms with E-state index in [0.717, 1.165) is 4.47 Å². The first kappa shape index (κ1) is 14.3. The summed E-state index contributed by atoms with van der Waals surface area (Å²) in [7, 11) is 0. The van der Waals surface area contributed by atoms with Crippen LogP contribution < -0.4 is 11.1 Å².